The van der Waals surface area contributed by atoms with E-state index in [0.717, 1.165) is 12.8 Å². The van der Waals surface area contributed by atoms with E-state index in [0.29, 0.717) is 18.0 Å². The van der Waals surface area contributed by atoms with Gasteiger partial charge in [-0.1, -0.05) is 6.92 Å². The van der Waals surface area contributed by atoms with Gasteiger partial charge in [-0.15, -0.1) is 11.6 Å². The first-order chi connectivity index (χ1) is 9.77. The van der Waals surface area contributed by atoms with Crippen LogP contribution in [0, 0.1) is 18.7 Å². The third-order valence-electron chi connectivity index (χ3n) is 4.11. The lowest BCUT2D eigenvalue weighted by Crippen LogP contribution is -2.44. The van der Waals surface area contributed by atoms with Crippen LogP contribution in [0.2, 0.25) is 0 Å². The van der Waals surface area contributed by atoms with Gasteiger partial charge in [-0.2, -0.15) is 4.31 Å². The second-order valence-corrected chi connectivity index (χ2v) is 8.11. The zero-order valence-corrected chi connectivity index (χ0v) is 14.1. The van der Waals surface area contributed by atoms with Crippen LogP contribution in [0.1, 0.15) is 37.8 Å². The first kappa shape index (κ1) is 16.7. The molecule has 0 N–H and O–H groups in total. The summed E-state index contributed by atoms with van der Waals surface area (Å²) in [4.78, 5) is 0.137. The SMILES string of the molecule is Cc1cc(S(=O)(=O)N2CC(C)CCC2C)cc(CCl)c1F. The minimum Gasteiger partial charge on any atom is -0.207 e. The highest BCUT2D eigenvalue weighted by Crippen LogP contribution is 2.29. The lowest BCUT2D eigenvalue weighted by molar-refractivity contribution is 0.218. The average molecular weight is 334 g/mol. The molecule has 21 heavy (non-hydrogen) atoms. The van der Waals surface area contributed by atoms with Gasteiger partial charge in [-0.05, 0) is 50.3 Å². The molecule has 0 bridgehead atoms. The molecule has 0 amide bonds. The molecule has 1 saturated heterocycles. The summed E-state index contributed by atoms with van der Waals surface area (Å²) < 4.78 is 41.1. The predicted octanol–water partition coefficient (Wildman–Crippen LogP) is 3.68. The molecule has 0 radical (unpaired) electrons. The third kappa shape index (κ3) is 3.25. The number of hydrogen-bond donors (Lipinski definition) is 0. The molecule has 0 aromatic heterocycles. The van der Waals surface area contributed by atoms with Gasteiger partial charge in [0.15, 0.2) is 0 Å². The number of sulfonamides is 1. The number of aryl methyl sites for hydroxylation is 1. The Bertz CT molecular complexity index is 633. The second-order valence-electron chi connectivity index (χ2n) is 5.95. The summed E-state index contributed by atoms with van der Waals surface area (Å²) in [6, 6.07) is 2.72. The molecule has 1 aliphatic heterocycles. The van der Waals surface area contributed by atoms with Crippen molar-refractivity contribution in [1.82, 2.24) is 4.31 Å². The third-order valence-corrected chi connectivity index (χ3v) is 6.36. The Hall–Kier alpha value is -0.650. The van der Waals surface area contributed by atoms with E-state index in [1.165, 1.54) is 16.4 Å². The molecule has 2 unspecified atom stereocenters. The predicted molar refractivity (Wildman–Crippen MR) is 82.4 cm³/mol. The van der Waals surface area contributed by atoms with Crippen LogP contribution in [-0.4, -0.2) is 25.3 Å². The highest BCUT2D eigenvalue weighted by atomic mass is 35.5. The maximum absolute atomic E-state index is 13.9. The number of alkyl halides is 1. The summed E-state index contributed by atoms with van der Waals surface area (Å²) in [5, 5.41) is 0. The molecule has 1 aromatic rings. The van der Waals surface area contributed by atoms with E-state index in [2.05, 4.69) is 6.92 Å². The van der Waals surface area contributed by atoms with Gasteiger partial charge in [0.05, 0.1) is 10.8 Å². The summed E-state index contributed by atoms with van der Waals surface area (Å²) in [6.07, 6.45) is 1.88. The Morgan fingerprint density at radius 3 is 2.62 bits per heavy atom. The van der Waals surface area contributed by atoms with Gasteiger partial charge < -0.3 is 0 Å². The van der Waals surface area contributed by atoms with Crippen LogP contribution < -0.4 is 0 Å². The lowest BCUT2D eigenvalue weighted by atomic mass is 9.97. The molecule has 0 aliphatic carbocycles. The largest absolute Gasteiger partial charge is 0.243 e. The van der Waals surface area contributed by atoms with E-state index in [-0.39, 0.29) is 22.4 Å². The first-order valence-electron chi connectivity index (χ1n) is 7.14. The first-order valence-corrected chi connectivity index (χ1v) is 9.11. The molecular formula is C15H21ClFNO2S. The van der Waals surface area contributed by atoms with Crippen LogP contribution in [0.5, 0.6) is 0 Å². The van der Waals surface area contributed by atoms with E-state index >= 15 is 0 Å². The molecule has 6 heteroatoms. The number of halogens is 2. The Labute approximate surface area is 131 Å². The second kappa shape index (κ2) is 6.23. The van der Waals surface area contributed by atoms with Crippen molar-refractivity contribution in [2.45, 2.75) is 50.4 Å². The normalized spacial score (nSPS) is 24.2. The molecule has 1 fully saturated rings. The number of hydrogen-bond acceptors (Lipinski definition) is 2. The molecule has 2 rings (SSSR count). The van der Waals surface area contributed by atoms with Gasteiger partial charge in [0, 0.05) is 18.2 Å². The zero-order valence-electron chi connectivity index (χ0n) is 12.6. The summed E-state index contributed by atoms with van der Waals surface area (Å²) in [6.45, 7) is 6.04. The van der Waals surface area contributed by atoms with Crippen molar-refractivity contribution < 1.29 is 12.8 Å². The van der Waals surface area contributed by atoms with Crippen molar-refractivity contribution in [3.05, 3.63) is 29.1 Å². The highest BCUT2D eigenvalue weighted by Gasteiger charge is 2.34. The van der Waals surface area contributed by atoms with Crippen molar-refractivity contribution >= 4 is 21.6 Å². The van der Waals surface area contributed by atoms with Gasteiger partial charge in [-0.3, -0.25) is 0 Å². The number of piperidine rings is 1. The maximum atomic E-state index is 13.9. The van der Waals surface area contributed by atoms with E-state index in [9.17, 15) is 12.8 Å². The number of benzene rings is 1. The summed E-state index contributed by atoms with van der Waals surface area (Å²) in [5.41, 5.74) is 0.539. The van der Waals surface area contributed by atoms with Gasteiger partial charge in [0.2, 0.25) is 10.0 Å². The van der Waals surface area contributed by atoms with E-state index in [1.807, 2.05) is 6.92 Å². The highest BCUT2D eigenvalue weighted by molar-refractivity contribution is 7.89. The topological polar surface area (TPSA) is 37.4 Å². The van der Waals surface area contributed by atoms with Crippen LogP contribution in [-0.2, 0) is 15.9 Å². The fourth-order valence-corrected chi connectivity index (χ4v) is 4.88. The summed E-state index contributed by atoms with van der Waals surface area (Å²) >= 11 is 5.72. The molecule has 1 aromatic carbocycles. The summed E-state index contributed by atoms with van der Waals surface area (Å²) in [7, 11) is -3.61. The van der Waals surface area contributed by atoms with E-state index < -0.39 is 15.8 Å². The van der Waals surface area contributed by atoms with E-state index in [4.69, 9.17) is 11.6 Å². The molecule has 0 saturated carbocycles. The van der Waals surface area contributed by atoms with Crippen LogP contribution in [0.3, 0.4) is 0 Å². The quantitative estimate of drug-likeness (QED) is 0.791. The van der Waals surface area contributed by atoms with Crippen molar-refractivity contribution in [2.75, 3.05) is 6.54 Å². The fourth-order valence-electron chi connectivity index (χ4n) is 2.77. The fraction of sp³-hybridized carbons (Fsp3) is 0.600. The average Bonchev–Trinajstić information content (AvgIpc) is 2.44. The van der Waals surface area contributed by atoms with Crippen molar-refractivity contribution in [1.29, 1.82) is 0 Å². The van der Waals surface area contributed by atoms with Gasteiger partial charge in [0.25, 0.3) is 0 Å². The number of nitrogens with zero attached hydrogens (tertiary/aromatic N) is 1. The molecule has 2 atom stereocenters. The zero-order chi connectivity index (χ0) is 15.8. The molecule has 118 valence electrons. The van der Waals surface area contributed by atoms with Crippen LogP contribution >= 0.6 is 11.6 Å². The minimum atomic E-state index is -3.61. The van der Waals surface area contributed by atoms with Crippen molar-refractivity contribution in [3.8, 4) is 0 Å². The standard InChI is InChI=1S/C15H21ClFNO2S/c1-10-4-5-12(3)18(9-10)21(19,20)14-6-11(2)15(17)13(7-14)8-16/h6-7,10,12H,4-5,8-9H2,1-3H3. The monoisotopic (exact) mass is 333 g/mol. The molecule has 1 heterocycles. The Morgan fingerprint density at radius 2 is 2.00 bits per heavy atom. The van der Waals surface area contributed by atoms with Gasteiger partial charge in [-0.25, -0.2) is 12.8 Å². The van der Waals surface area contributed by atoms with Gasteiger partial charge >= 0.3 is 0 Å². The molecule has 3 nitrogen and oxygen atoms in total. The lowest BCUT2D eigenvalue weighted by Gasteiger charge is -2.35. The van der Waals surface area contributed by atoms with Crippen molar-refractivity contribution in [2.24, 2.45) is 5.92 Å². The van der Waals surface area contributed by atoms with E-state index in [1.54, 1.807) is 6.92 Å². The van der Waals surface area contributed by atoms with Crippen LogP contribution in [0.15, 0.2) is 17.0 Å². The Balaban J connectivity index is 2.46. The van der Waals surface area contributed by atoms with Gasteiger partial charge in [0.1, 0.15) is 5.82 Å². The smallest absolute Gasteiger partial charge is 0.207 e. The minimum absolute atomic E-state index is 0.0315. The molecular weight excluding hydrogens is 313 g/mol. The Morgan fingerprint density at radius 1 is 1.33 bits per heavy atom. The summed E-state index contributed by atoms with van der Waals surface area (Å²) in [5.74, 6) is -0.129. The van der Waals surface area contributed by atoms with Crippen LogP contribution in [0.4, 0.5) is 4.39 Å². The number of rotatable bonds is 3. The maximum Gasteiger partial charge on any atom is 0.243 e. The van der Waals surface area contributed by atoms with Crippen molar-refractivity contribution in [3.63, 3.8) is 0 Å². The molecule has 1 aliphatic rings. The molecule has 0 spiro atoms. The van der Waals surface area contributed by atoms with Crippen LogP contribution in [0.25, 0.3) is 0 Å². The Kier molecular flexibility index (Phi) is 4.96.